The van der Waals surface area contributed by atoms with Crippen molar-refractivity contribution < 1.29 is 17.9 Å². The number of rotatable bonds is 9. The van der Waals surface area contributed by atoms with Gasteiger partial charge in [-0.2, -0.15) is 13.2 Å². The van der Waals surface area contributed by atoms with Crippen molar-refractivity contribution in [1.82, 2.24) is 5.32 Å². The van der Waals surface area contributed by atoms with Crippen LogP contribution < -0.4 is 5.32 Å². The minimum atomic E-state index is -4.23. The Bertz CT molecular complexity index is 395. The van der Waals surface area contributed by atoms with Gasteiger partial charge in [0.05, 0.1) is 0 Å². The van der Waals surface area contributed by atoms with E-state index in [4.69, 9.17) is 0 Å². The van der Waals surface area contributed by atoms with Crippen molar-refractivity contribution in [2.24, 2.45) is 0 Å². The Morgan fingerprint density at radius 2 is 1.90 bits per heavy atom. The van der Waals surface area contributed by atoms with Crippen LogP contribution in [0.3, 0.4) is 0 Å². The minimum absolute atomic E-state index is 0.141. The number of hydrogen-bond donors (Lipinski definition) is 1. The van der Waals surface area contributed by atoms with Gasteiger partial charge in [0, 0.05) is 23.3 Å². The molecule has 1 rings (SSSR count). The number of ether oxygens (including phenoxy) is 1. The molecule has 1 aromatic rings. The Balaban J connectivity index is 2.21. The molecule has 0 bridgehead atoms. The Kier molecular flexibility index (Phi) is 8.14. The van der Waals surface area contributed by atoms with Crippen LogP contribution in [0.1, 0.15) is 31.9 Å². The van der Waals surface area contributed by atoms with Crippen LogP contribution in [-0.2, 0) is 4.74 Å². The van der Waals surface area contributed by atoms with Crippen LogP contribution in [-0.4, -0.2) is 31.7 Å². The first-order valence-corrected chi connectivity index (χ1v) is 8.01. The lowest BCUT2D eigenvalue weighted by atomic mass is 10.1. The van der Waals surface area contributed by atoms with Crippen LogP contribution in [0.5, 0.6) is 0 Å². The van der Waals surface area contributed by atoms with Crippen molar-refractivity contribution >= 4 is 11.8 Å². The summed E-state index contributed by atoms with van der Waals surface area (Å²) < 4.78 is 40.1. The average molecular weight is 321 g/mol. The van der Waals surface area contributed by atoms with Gasteiger partial charge in [0.2, 0.25) is 0 Å². The van der Waals surface area contributed by atoms with Crippen molar-refractivity contribution in [3.05, 3.63) is 29.8 Å². The summed E-state index contributed by atoms with van der Waals surface area (Å²) in [6.07, 6.45) is -3.62. The van der Waals surface area contributed by atoms with E-state index in [2.05, 4.69) is 36.0 Å². The maximum atomic E-state index is 11.9. The standard InChI is InChI=1S/C15H22F3NOS/c1-3-19-12(2)13-5-7-14(8-6-13)21-10-4-9-20-11-15(16,17)18/h5-8,12,19H,3-4,9-11H2,1-2H3. The van der Waals surface area contributed by atoms with Gasteiger partial charge in [0.1, 0.15) is 6.61 Å². The van der Waals surface area contributed by atoms with Crippen LogP contribution in [0.4, 0.5) is 13.2 Å². The van der Waals surface area contributed by atoms with Crippen molar-refractivity contribution in [2.75, 3.05) is 25.5 Å². The van der Waals surface area contributed by atoms with Gasteiger partial charge in [0.15, 0.2) is 0 Å². The van der Waals surface area contributed by atoms with Crippen LogP contribution >= 0.6 is 11.8 Å². The quantitative estimate of drug-likeness (QED) is 0.537. The van der Waals surface area contributed by atoms with Crippen LogP contribution in [0, 0.1) is 0 Å². The summed E-state index contributed by atoms with van der Waals surface area (Å²) in [5.41, 5.74) is 1.23. The Morgan fingerprint density at radius 3 is 2.48 bits per heavy atom. The molecule has 2 nitrogen and oxygen atoms in total. The molecule has 0 heterocycles. The maximum Gasteiger partial charge on any atom is 0.411 e. The monoisotopic (exact) mass is 321 g/mol. The van der Waals surface area contributed by atoms with E-state index < -0.39 is 12.8 Å². The van der Waals surface area contributed by atoms with Gasteiger partial charge in [-0.3, -0.25) is 0 Å². The topological polar surface area (TPSA) is 21.3 Å². The SMILES string of the molecule is CCNC(C)c1ccc(SCCCOCC(F)(F)F)cc1. The summed E-state index contributed by atoms with van der Waals surface area (Å²) in [5, 5.41) is 3.34. The maximum absolute atomic E-state index is 11.9. The average Bonchev–Trinajstić information content (AvgIpc) is 2.42. The molecule has 0 saturated carbocycles. The molecular formula is C15H22F3NOS. The number of alkyl halides is 3. The van der Waals surface area contributed by atoms with Gasteiger partial charge in [-0.05, 0) is 37.6 Å². The fourth-order valence-electron chi connectivity index (χ4n) is 1.82. The van der Waals surface area contributed by atoms with Gasteiger partial charge in [-0.1, -0.05) is 19.1 Å². The fraction of sp³-hybridized carbons (Fsp3) is 0.600. The lowest BCUT2D eigenvalue weighted by molar-refractivity contribution is -0.173. The molecule has 1 unspecified atom stereocenters. The molecule has 0 amide bonds. The summed E-state index contributed by atoms with van der Waals surface area (Å²) in [7, 11) is 0. The van der Waals surface area contributed by atoms with Gasteiger partial charge in [0.25, 0.3) is 0 Å². The first kappa shape index (κ1) is 18.3. The molecule has 0 spiro atoms. The van der Waals surface area contributed by atoms with E-state index in [1.807, 2.05) is 12.1 Å². The minimum Gasteiger partial charge on any atom is -0.372 e. The summed E-state index contributed by atoms with van der Waals surface area (Å²) in [6.45, 7) is 4.09. The highest BCUT2D eigenvalue weighted by Gasteiger charge is 2.27. The van der Waals surface area contributed by atoms with Crippen molar-refractivity contribution in [1.29, 1.82) is 0 Å². The Hall–Kier alpha value is -0.720. The molecular weight excluding hydrogens is 299 g/mol. The Morgan fingerprint density at radius 1 is 1.24 bits per heavy atom. The zero-order valence-corrected chi connectivity index (χ0v) is 13.2. The summed E-state index contributed by atoms with van der Waals surface area (Å²) in [6, 6.07) is 8.57. The predicted molar refractivity (Wildman–Crippen MR) is 80.7 cm³/mol. The molecule has 21 heavy (non-hydrogen) atoms. The normalized spacial score (nSPS) is 13.4. The van der Waals surface area contributed by atoms with Gasteiger partial charge >= 0.3 is 6.18 Å². The summed E-state index contributed by atoms with van der Waals surface area (Å²) >= 11 is 1.63. The summed E-state index contributed by atoms with van der Waals surface area (Å²) in [5.74, 6) is 0.750. The fourth-order valence-corrected chi connectivity index (χ4v) is 2.64. The second-order valence-corrected chi connectivity index (χ2v) is 5.89. The first-order valence-electron chi connectivity index (χ1n) is 7.03. The van der Waals surface area contributed by atoms with E-state index >= 15 is 0 Å². The highest BCUT2D eigenvalue weighted by atomic mass is 32.2. The molecule has 0 fully saturated rings. The molecule has 6 heteroatoms. The number of benzene rings is 1. The molecule has 1 aromatic carbocycles. The van der Waals surface area contributed by atoms with E-state index in [-0.39, 0.29) is 6.61 Å². The first-order chi connectivity index (χ1) is 9.92. The molecule has 0 aliphatic heterocycles. The molecule has 1 N–H and O–H groups in total. The van der Waals surface area contributed by atoms with Gasteiger partial charge in [-0.25, -0.2) is 0 Å². The van der Waals surface area contributed by atoms with E-state index in [1.54, 1.807) is 11.8 Å². The van der Waals surface area contributed by atoms with E-state index in [9.17, 15) is 13.2 Å². The van der Waals surface area contributed by atoms with Crippen LogP contribution in [0.2, 0.25) is 0 Å². The van der Waals surface area contributed by atoms with Gasteiger partial charge in [-0.15, -0.1) is 11.8 Å². The van der Waals surface area contributed by atoms with Crippen LogP contribution in [0.15, 0.2) is 29.2 Å². The molecule has 0 saturated heterocycles. The van der Waals surface area contributed by atoms with Crippen molar-refractivity contribution in [2.45, 2.75) is 37.4 Å². The second-order valence-electron chi connectivity index (χ2n) is 4.72. The summed E-state index contributed by atoms with van der Waals surface area (Å²) in [4.78, 5) is 1.12. The van der Waals surface area contributed by atoms with E-state index in [0.717, 1.165) is 17.2 Å². The highest BCUT2D eigenvalue weighted by Crippen LogP contribution is 2.22. The molecule has 120 valence electrons. The van der Waals surface area contributed by atoms with Crippen LogP contribution in [0.25, 0.3) is 0 Å². The predicted octanol–water partition coefficient (Wildman–Crippen LogP) is 4.42. The molecule has 0 aromatic heterocycles. The third kappa shape index (κ3) is 8.34. The zero-order valence-electron chi connectivity index (χ0n) is 12.4. The molecule has 0 radical (unpaired) electrons. The largest absolute Gasteiger partial charge is 0.411 e. The molecule has 0 aliphatic carbocycles. The number of hydrogen-bond acceptors (Lipinski definition) is 3. The number of halogens is 3. The van der Waals surface area contributed by atoms with Gasteiger partial charge < -0.3 is 10.1 Å². The zero-order chi connectivity index (χ0) is 15.7. The number of thioether (sulfide) groups is 1. The smallest absolute Gasteiger partial charge is 0.372 e. The molecule has 1 atom stereocenters. The molecule has 0 aliphatic rings. The third-order valence-electron chi connectivity index (χ3n) is 2.86. The lowest BCUT2D eigenvalue weighted by Gasteiger charge is -2.13. The second kappa shape index (κ2) is 9.33. The highest BCUT2D eigenvalue weighted by molar-refractivity contribution is 7.99. The Labute approximate surface area is 128 Å². The van der Waals surface area contributed by atoms with Crippen molar-refractivity contribution in [3.63, 3.8) is 0 Å². The van der Waals surface area contributed by atoms with E-state index in [0.29, 0.717) is 12.5 Å². The van der Waals surface area contributed by atoms with Crippen molar-refractivity contribution in [3.8, 4) is 0 Å². The van der Waals surface area contributed by atoms with E-state index in [1.165, 1.54) is 5.56 Å². The third-order valence-corrected chi connectivity index (χ3v) is 3.96. The lowest BCUT2D eigenvalue weighted by Crippen LogP contribution is -2.17. The number of nitrogens with one attached hydrogen (secondary N) is 1.